The van der Waals surface area contributed by atoms with Crippen molar-refractivity contribution in [2.45, 2.75) is 6.92 Å². The lowest BCUT2D eigenvalue weighted by atomic mass is 10.2. The second-order valence-electron chi connectivity index (χ2n) is 6.52. The molecular weight excluding hydrogens is 430 g/mol. The second kappa shape index (κ2) is 8.32. The minimum absolute atomic E-state index is 0.304. The van der Waals surface area contributed by atoms with Crippen LogP contribution in [0.15, 0.2) is 87.9 Å². The Morgan fingerprint density at radius 3 is 2.31 bits per heavy atom. The number of hydrogen-bond donors (Lipinski definition) is 2. The van der Waals surface area contributed by atoms with Crippen molar-refractivity contribution in [1.82, 2.24) is 4.98 Å². The number of carbonyl (C=O) groups excluding carboxylic acids is 1. The Balaban J connectivity index is 1.42. The third-order valence-corrected chi connectivity index (χ3v) is 5.27. The van der Waals surface area contributed by atoms with Crippen molar-refractivity contribution in [2.75, 3.05) is 10.6 Å². The molecule has 3 aromatic carbocycles. The number of carbonyl (C=O) groups is 1. The fourth-order valence-corrected chi connectivity index (χ4v) is 3.11. The van der Waals surface area contributed by atoms with E-state index in [-0.39, 0.29) is 6.03 Å². The summed E-state index contributed by atoms with van der Waals surface area (Å²) in [7, 11) is 0. The van der Waals surface area contributed by atoms with Gasteiger partial charge in [0.05, 0.1) is 0 Å². The van der Waals surface area contributed by atoms with E-state index in [0.29, 0.717) is 11.6 Å². The molecule has 144 valence electrons. The van der Waals surface area contributed by atoms with Crippen LogP contribution in [-0.4, -0.2) is 11.0 Å². The molecule has 0 atom stereocenters. The zero-order valence-corrected chi connectivity index (χ0v) is 17.2. The average molecular weight is 448 g/mol. The van der Waals surface area contributed by atoms with Gasteiger partial charge in [-0.25, -0.2) is 9.78 Å². The van der Waals surface area contributed by atoms with E-state index in [4.69, 9.17) is 4.42 Å². The number of halogens is 1. The number of anilines is 2. The summed E-state index contributed by atoms with van der Waals surface area (Å²) in [6.07, 6.45) is 1.64. The van der Waals surface area contributed by atoms with Gasteiger partial charge in [-0.05, 0) is 55.0 Å². The number of amides is 2. The topological polar surface area (TPSA) is 67.2 Å². The first kappa shape index (κ1) is 19.0. The van der Waals surface area contributed by atoms with Crippen molar-refractivity contribution < 1.29 is 9.21 Å². The summed E-state index contributed by atoms with van der Waals surface area (Å²) in [4.78, 5) is 16.8. The molecule has 4 rings (SSSR count). The van der Waals surface area contributed by atoms with Gasteiger partial charge >= 0.3 is 6.03 Å². The zero-order chi connectivity index (χ0) is 20.2. The van der Waals surface area contributed by atoms with Crippen molar-refractivity contribution in [3.05, 3.63) is 89.1 Å². The van der Waals surface area contributed by atoms with E-state index in [1.165, 1.54) is 0 Å². The Bertz CT molecular complexity index is 1140. The highest BCUT2D eigenvalue weighted by molar-refractivity contribution is 9.10. The van der Waals surface area contributed by atoms with Crippen LogP contribution in [-0.2, 0) is 0 Å². The Hall–Kier alpha value is -3.38. The number of aryl methyl sites for hydroxylation is 1. The highest BCUT2D eigenvalue weighted by Crippen LogP contribution is 2.25. The molecule has 0 saturated heterocycles. The Morgan fingerprint density at radius 1 is 0.897 bits per heavy atom. The molecule has 0 radical (unpaired) electrons. The van der Waals surface area contributed by atoms with Crippen LogP contribution in [0.25, 0.3) is 22.7 Å². The van der Waals surface area contributed by atoms with E-state index < -0.39 is 0 Å². The maximum absolute atomic E-state index is 12.2. The van der Waals surface area contributed by atoms with Crippen molar-refractivity contribution in [3.8, 4) is 22.7 Å². The van der Waals surface area contributed by atoms with Gasteiger partial charge in [-0.15, -0.1) is 0 Å². The summed E-state index contributed by atoms with van der Waals surface area (Å²) >= 11 is 3.45. The summed E-state index contributed by atoms with van der Waals surface area (Å²) in [5, 5.41) is 5.65. The number of benzene rings is 3. The van der Waals surface area contributed by atoms with Gasteiger partial charge in [0.1, 0.15) is 12.0 Å². The van der Waals surface area contributed by atoms with Gasteiger partial charge in [0.25, 0.3) is 0 Å². The minimum atomic E-state index is -0.304. The van der Waals surface area contributed by atoms with Crippen LogP contribution < -0.4 is 10.6 Å². The first-order chi connectivity index (χ1) is 14.1. The molecule has 6 heteroatoms. The van der Waals surface area contributed by atoms with Crippen LogP contribution in [0, 0.1) is 6.92 Å². The number of rotatable bonds is 4. The van der Waals surface area contributed by atoms with Gasteiger partial charge in [0.2, 0.25) is 5.89 Å². The monoisotopic (exact) mass is 447 g/mol. The van der Waals surface area contributed by atoms with Crippen LogP contribution in [0.5, 0.6) is 0 Å². The lowest BCUT2D eigenvalue weighted by molar-refractivity contribution is 0.262. The molecule has 0 spiro atoms. The van der Waals surface area contributed by atoms with Crippen LogP contribution in [0.4, 0.5) is 16.2 Å². The second-order valence-corrected chi connectivity index (χ2v) is 7.38. The highest BCUT2D eigenvalue weighted by Gasteiger charge is 2.09. The van der Waals surface area contributed by atoms with Crippen molar-refractivity contribution >= 4 is 33.3 Å². The van der Waals surface area contributed by atoms with Gasteiger partial charge in [-0.1, -0.05) is 46.3 Å². The van der Waals surface area contributed by atoms with Gasteiger partial charge in [-0.3, -0.25) is 0 Å². The average Bonchev–Trinajstić information content (AvgIpc) is 3.22. The van der Waals surface area contributed by atoms with E-state index in [2.05, 4.69) is 31.5 Å². The molecule has 2 N–H and O–H groups in total. The van der Waals surface area contributed by atoms with E-state index in [0.717, 1.165) is 32.5 Å². The third-order valence-electron chi connectivity index (χ3n) is 4.38. The van der Waals surface area contributed by atoms with E-state index in [9.17, 15) is 4.79 Å². The molecule has 0 bridgehead atoms. The summed E-state index contributed by atoms with van der Waals surface area (Å²) in [5.41, 5.74) is 5.07. The van der Waals surface area contributed by atoms with Crippen LogP contribution in [0.3, 0.4) is 0 Å². The lowest BCUT2D eigenvalue weighted by Crippen LogP contribution is -2.19. The summed E-state index contributed by atoms with van der Waals surface area (Å²) in [6, 6.07) is 22.6. The molecule has 2 amide bonds. The molecule has 29 heavy (non-hydrogen) atoms. The fraction of sp³-hybridized carbons (Fsp3) is 0.0435. The maximum Gasteiger partial charge on any atom is 0.323 e. The predicted octanol–water partition coefficient (Wildman–Crippen LogP) is 6.72. The summed E-state index contributed by atoms with van der Waals surface area (Å²) < 4.78 is 6.61. The molecule has 1 aromatic heterocycles. The minimum Gasteiger partial charge on any atom is -0.444 e. The lowest BCUT2D eigenvalue weighted by Gasteiger charge is -2.09. The standard InChI is InChI=1S/C23H18BrN3O2/c1-15-13-19(11-12-20(15)24)26-23(28)25-18-9-7-17(8-10-18)22-27-21(14-29-22)16-5-3-2-4-6-16/h2-14H,1H3,(H2,25,26,28). The first-order valence-electron chi connectivity index (χ1n) is 9.04. The molecule has 0 aliphatic rings. The van der Waals surface area contributed by atoms with Crippen molar-refractivity contribution in [2.24, 2.45) is 0 Å². The number of nitrogens with one attached hydrogen (secondary N) is 2. The predicted molar refractivity (Wildman–Crippen MR) is 119 cm³/mol. The molecule has 0 aliphatic heterocycles. The molecule has 5 nitrogen and oxygen atoms in total. The summed E-state index contributed by atoms with van der Waals surface area (Å²) in [6.45, 7) is 1.97. The SMILES string of the molecule is Cc1cc(NC(=O)Nc2ccc(-c3nc(-c4ccccc4)co3)cc2)ccc1Br. The fourth-order valence-electron chi connectivity index (χ4n) is 2.86. The number of nitrogens with zero attached hydrogens (tertiary/aromatic N) is 1. The van der Waals surface area contributed by atoms with E-state index >= 15 is 0 Å². The van der Waals surface area contributed by atoms with Crippen LogP contribution in [0.2, 0.25) is 0 Å². The number of urea groups is 1. The van der Waals surface area contributed by atoms with Gasteiger partial charge in [-0.2, -0.15) is 0 Å². The van der Waals surface area contributed by atoms with Crippen LogP contribution >= 0.6 is 15.9 Å². The molecular formula is C23H18BrN3O2. The highest BCUT2D eigenvalue weighted by atomic mass is 79.9. The number of hydrogen-bond acceptors (Lipinski definition) is 3. The number of aromatic nitrogens is 1. The van der Waals surface area contributed by atoms with Crippen molar-refractivity contribution in [1.29, 1.82) is 0 Å². The quantitative estimate of drug-likeness (QED) is 0.364. The largest absolute Gasteiger partial charge is 0.444 e. The van der Waals surface area contributed by atoms with Crippen molar-refractivity contribution in [3.63, 3.8) is 0 Å². The normalized spacial score (nSPS) is 10.6. The molecule has 0 unspecified atom stereocenters. The van der Waals surface area contributed by atoms with E-state index in [1.54, 1.807) is 6.26 Å². The molecule has 0 fully saturated rings. The maximum atomic E-state index is 12.2. The third kappa shape index (κ3) is 4.55. The zero-order valence-electron chi connectivity index (χ0n) is 15.6. The Labute approximate surface area is 176 Å². The summed E-state index contributed by atoms with van der Waals surface area (Å²) in [5.74, 6) is 0.533. The molecule has 4 aromatic rings. The Morgan fingerprint density at radius 2 is 1.59 bits per heavy atom. The molecule has 0 saturated carbocycles. The Kier molecular flexibility index (Phi) is 5.44. The van der Waals surface area contributed by atoms with Gasteiger partial charge in [0.15, 0.2) is 0 Å². The number of oxazole rings is 1. The molecule has 1 heterocycles. The van der Waals surface area contributed by atoms with Gasteiger partial charge < -0.3 is 15.1 Å². The molecule has 0 aliphatic carbocycles. The van der Waals surface area contributed by atoms with E-state index in [1.807, 2.05) is 79.7 Å². The smallest absolute Gasteiger partial charge is 0.323 e. The first-order valence-corrected chi connectivity index (χ1v) is 9.83. The van der Waals surface area contributed by atoms with Crippen LogP contribution in [0.1, 0.15) is 5.56 Å². The van der Waals surface area contributed by atoms with Gasteiger partial charge in [0, 0.05) is 27.0 Å².